The lowest BCUT2D eigenvalue weighted by molar-refractivity contribution is 0.106. The van der Waals surface area contributed by atoms with Gasteiger partial charge in [0.1, 0.15) is 0 Å². The van der Waals surface area contributed by atoms with Crippen molar-refractivity contribution in [3.63, 3.8) is 0 Å². The summed E-state index contributed by atoms with van der Waals surface area (Å²) >= 11 is 0. The standard InChI is InChI=1S/C12H22N2/c1-3-4-5-8-14-9-6-7-11(2)12(14)10-13/h1,11-12H,4-10,13H2,2H3. The van der Waals surface area contributed by atoms with Gasteiger partial charge in [-0.25, -0.2) is 0 Å². The topological polar surface area (TPSA) is 29.3 Å². The fraction of sp³-hybridized carbons (Fsp3) is 0.833. The number of terminal acetylenes is 1. The number of unbranched alkanes of at least 4 members (excludes halogenated alkanes) is 1. The Balaban J connectivity index is 2.36. The molecule has 0 spiro atoms. The quantitative estimate of drug-likeness (QED) is 0.542. The van der Waals surface area contributed by atoms with E-state index in [9.17, 15) is 0 Å². The third kappa shape index (κ3) is 3.01. The number of likely N-dealkylation sites (tertiary alicyclic amines) is 1. The highest BCUT2D eigenvalue weighted by Crippen LogP contribution is 2.22. The van der Waals surface area contributed by atoms with Crippen molar-refractivity contribution in [2.75, 3.05) is 19.6 Å². The molecule has 1 fully saturated rings. The Labute approximate surface area is 87.8 Å². The minimum atomic E-state index is 0.585. The Morgan fingerprint density at radius 1 is 1.57 bits per heavy atom. The van der Waals surface area contributed by atoms with Crippen LogP contribution in [0.2, 0.25) is 0 Å². The van der Waals surface area contributed by atoms with E-state index >= 15 is 0 Å². The van der Waals surface area contributed by atoms with Crippen LogP contribution in [0.5, 0.6) is 0 Å². The molecular weight excluding hydrogens is 172 g/mol. The highest BCUT2D eigenvalue weighted by atomic mass is 15.2. The van der Waals surface area contributed by atoms with E-state index in [1.165, 1.54) is 19.4 Å². The Kier molecular flexibility index (Phi) is 5.00. The van der Waals surface area contributed by atoms with Gasteiger partial charge < -0.3 is 5.73 Å². The third-order valence-electron chi connectivity index (χ3n) is 3.24. The van der Waals surface area contributed by atoms with Crippen molar-refractivity contribution in [2.45, 2.75) is 38.6 Å². The molecular formula is C12H22N2. The molecule has 80 valence electrons. The molecule has 0 radical (unpaired) electrons. The molecule has 2 heteroatoms. The van der Waals surface area contributed by atoms with Crippen molar-refractivity contribution in [1.82, 2.24) is 4.90 Å². The number of hydrogen-bond donors (Lipinski definition) is 1. The fourth-order valence-electron chi connectivity index (χ4n) is 2.38. The zero-order chi connectivity index (χ0) is 10.4. The molecule has 1 aliphatic heterocycles. The normalized spacial score (nSPS) is 28.6. The molecule has 1 rings (SSSR count). The van der Waals surface area contributed by atoms with Crippen molar-refractivity contribution in [3.05, 3.63) is 0 Å². The molecule has 1 heterocycles. The molecule has 1 aliphatic rings. The molecule has 0 aliphatic carbocycles. The van der Waals surface area contributed by atoms with Crippen molar-refractivity contribution in [1.29, 1.82) is 0 Å². The molecule has 0 aromatic heterocycles. The van der Waals surface area contributed by atoms with Crippen LogP contribution in [0.1, 0.15) is 32.6 Å². The molecule has 0 amide bonds. The first-order valence-corrected chi connectivity index (χ1v) is 5.67. The molecule has 2 atom stereocenters. The van der Waals surface area contributed by atoms with Gasteiger partial charge in [0.2, 0.25) is 0 Å². The van der Waals surface area contributed by atoms with Crippen LogP contribution < -0.4 is 5.73 Å². The van der Waals surface area contributed by atoms with Crippen LogP contribution in [-0.4, -0.2) is 30.6 Å². The van der Waals surface area contributed by atoms with Gasteiger partial charge in [-0.3, -0.25) is 4.90 Å². The Morgan fingerprint density at radius 3 is 3.00 bits per heavy atom. The average molecular weight is 194 g/mol. The molecule has 14 heavy (non-hydrogen) atoms. The zero-order valence-corrected chi connectivity index (χ0v) is 9.21. The number of rotatable bonds is 4. The highest BCUT2D eigenvalue weighted by Gasteiger charge is 2.26. The van der Waals surface area contributed by atoms with E-state index in [4.69, 9.17) is 12.2 Å². The molecule has 2 unspecified atom stereocenters. The third-order valence-corrected chi connectivity index (χ3v) is 3.24. The van der Waals surface area contributed by atoms with Crippen molar-refractivity contribution in [2.24, 2.45) is 11.7 Å². The van der Waals surface area contributed by atoms with Gasteiger partial charge in [0.05, 0.1) is 0 Å². The summed E-state index contributed by atoms with van der Waals surface area (Å²) in [6.07, 6.45) is 9.89. The largest absolute Gasteiger partial charge is 0.329 e. The number of hydrogen-bond acceptors (Lipinski definition) is 2. The van der Waals surface area contributed by atoms with E-state index in [0.29, 0.717) is 6.04 Å². The van der Waals surface area contributed by atoms with Crippen LogP contribution in [0.25, 0.3) is 0 Å². The smallest absolute Gasteiger partial charge is 0.0244 e. The predicted octanol–water partition coefficient (Wildman–Crippen LogP) is 1.46. The number of nitrogens with two attached hydrogens (primary N) is 1. The van der Waals surface area contributed by atoms with Gasteiger partial charge in [0.15, 0.2) is 0 Å². The van der Waals surface area contributed by atoms with E-state index in [-0.39, 0.29) is 0 Å². The lowest BCUT2D eigenvalue weighted by atomic mass is 9.90. The number of piperidine rings is 1. The molecule has 0 bridgehead atoms. The fourth-order valence-corrected chi connectivity index (χ4v) is 2.38. The molecule has 0 saturated carbocycles. The second kappa shape index (κ2) is 6.06. The molecule has 2 N–H and O–H groups in total. The maximum atomic E-state index is 5.81. The second-order valence-corrected chi connectivity index (χ2v) is 4.27. The van der Waals surface area contributed by atoms with E-state index in [1.54, 1.807) is 0 Å². The second-order valence-electron chi connectivity index (χ2n) is 4.27. The SMILES string of the molecule is C#CCCCN1CCCC(C)C1CN. The van der Waals surface area contributed by atoms with E-state index in [2.05, 4.69) is 17.7 Å². The first kappa shape index (κ1) is 11.6. The minimum absolute atomic E-state index is 0.585. The summed E-state index contributed by atoms with van der Waals surface area (Å²) in [6.45, 7) is 5.43. The first-order chi connectivity index (χ1) is 6.79. The Morgan fingerprint density at radius 2 is 2.36 bits per heavy atom. The summed E-state index contributed by atoms with van der Waals surface area (Å²) in [4.78, 5) is 2.52. The molecule has 2 nitrogen and oxygen atoms in total. The van der Waals surface area contributed by atoms with Crippen LogP contribution in [0.15, 0.2) is 0 Å². The monoisotopic (exact) mass is 194 g/mol. The van der Waals surface area contributed by atoms with Crippen LogP contribution in [-0.2, 0) is 0 Å². The summed E-state index contributed by atoms with van der Waals surface area (Å²) in [5, 5.41) is 0. The van der Waals surface area contributed by atoms with E-state index < -0.39 is 0 Å². The number of nitrogens with zero attached hydrogens (tertiary/aromatic N) is 1. The lowest BCUT2D eigenvalue weighted by Gasteiger charge is -2.39. The minimum Gasteiger partial charge on any atom is -0.329 e. The summed E-state index contributed by atoms with van der Waals surface area (Å²) in [6, 6.07) is 0.585. The van der Waals surface area contributed by atoms with Gasteiger partial charge in [-0.05, 0) is 38.3 Å². The van der Waals surface area contributed by atoms with Gasteiger partial charge in [-0.15, -0.1) is 12.3 Å². The van der Waals surface area contributed by atoms with Crippen LogP contribution in [0.3, 0.4) is 0 Å². The zero-order valence-electron chi connectivity index (χ0n) is 9.21. The summed E-state index contributed by atoms with van der Waals surface area (Å²) in [5.41, 5.74) is 5.81. The van der Waals surface area contributed by atoms with Crippen LogP contribution in [0.4, 0.5) is 0 Å². The van der Waals surface area contributed by atoms with Crippen molar-refractivity contribution >= 4 is 0 Å². The molecule has 0 aromatic carbocycles. The van der Waals surface area contributed by atoms with Gasteiger partial charge in [0, 0.05) is 19.0 Å². The summed E-state index contributed by atoms with van der Waals surface area (Å²) < 4.78 is 0. The van der Waals surface area contributed by atoms with E-state index in [0.717, 1.165) is 31.8 Å². The van der Waals surface area contributed by atoms with Crippen LogP contribution in [0, 0.1) is 18.3 Å². The lowest BCUT2D eigenvalue weighted by Crippen LogP contribution is -2.48. The van der Waals surface area contributed by atoms with Gasteiger partial charge in [0.25, 0.3) is 0 Å². The molecule has 0 aromatic rings. The molecule has 1 saturated heterocycles. The first-order valence-electron chi connectivity index (χ1n) is 5.67. The Bertz CT molecular complexity index is 195. The van der Waals surface area contributed by atoms with E-state index in [1.807, 2.05) is 0 Å². The predicted molar refractivity (Wildman–Crippen MR) is 60.9 cm³/mol. The van der Waals surface area contributed by atoms with Gasteiger partial charge in [-0.1, -0.05) is 6.92 Å². The summed E-state index contributed by atoms with van der Waals surface area (Å²) in [5.74, 6) is 3.44. The van der Waals surface area contributed by atoms with Crippen LogP contribution >= 0.6 is 0 Å². The Hall–Kier alpha value is -0.520. The van der Waals surface area contributed by atoms with Crippen molar-refractivity contribution in [3.8, 4) is 12.3 Å². The van der Waals surface area contributed by atoms with Gasteiger partial charge >= 0.3 is 0 Å². The maximum Gasteiger partial charge on any atom is 0.0244 e. The highest BCUT2D eigenvalue weighted by molar-refractivity contribution is 4.86. The maximum absolute atomic E-state index is 5.81. The van der Waals surface area contributed by atoms with Gasteiger partial charge in [-0.2, -0.15) is 0 Å². The van der Waals surface area contributed by atoms with Crippen molar-refractivity contribution < 1.29 is 0 Å². The average Bonchev–Trinajstić information content (AvgIpc) is 2.18. The summed E-state index contributed by atoms with van der Waals surface area (Å²) in [7, 11) is 0.